The molecule has 162 valence electrons. The summed E-state index contributed by atoms with van der Waals surface area (Å²) in [6.07, 6.45) is 19.0. The molecule has 0 radical (unpaired) electrons. The van der Waals surface area contributed by atoms with Crippen molar-refractivity contribution in [2.75, 3.05) is 26.6 Å². The number of ether oxygens (including phenoxy) is 4. The fourth-order valence-electron chi connectivity index (χ4n) is 2.71. The summed E-state index contributed by atoms with van der Waals surface area (Å²) in [6, 6.07) is 0. The molecule has 0 aromatic heterocycles. The summed E-state index contributed by atoms with van der Waals surface area (Å²) >= 11 is 0. The first kappa shape index (κ1) is 26.4. The van der Waals surface area contributed by atoms with E-state index < -0.39 is 0 Å². The molecule has 0 aromatic carbocycles. The minimum atomic E-state index is -0.0941. The van der Waals surface area contributed by atoms with E-state index in [0.29, 0.717) is 6.79 Å². The Bertz CT molecular complexity index is 278. The van der Waals surface area contributed by atoms with Crippen LogP contribution in [0.2, 0.25) is 0 Å². The van der Waals surface area contributed by atoms with Crippen LogP contribution in [0.25, 0.3) is 0 Å². The first-order chi connectivity index (χ1) is 13.3. The Hall–Kier alpha value is -0.580. The summed E-state index contributed by atoms with van der Waals surface area (Å²) in [5.41, 5.74) is 0. The molecule has 0 aliphatic heterocycles. The maximum atomic E-state index is 5.99. The molecule has 0 aliphatic rings. The molecule has 0 amide bonds. The lowest BCUT2D eigenvalue weighted by Gasteiger charge is -2.18. The number of unbranched alkanes of at least 4 members (excludes halogenated alkanes) is 8. The Labute approximate surface area is 169 Å². The van der Waals surface area contributed by atoms with Crippen LogP contribution in [-0.4, -0.2) is 32.9 Å². The molecule has 0 spiro atoms. The van der Waals surface area contributed by atoms with Gasteiger partial charge in [-0.1, -0.05) is 72.1 Å². The van der Waals surface area contributed by atoms with Gasteiger partial charge in [0.05, 0.1) is 12.9 Å². The largest absolute Gasteiger partial charge is 0.475 e. The van der Waals surface area contributed by atoms with E-state index >= 15 is 0 Å². The predicted molar refractivity (Wildman–Crippen MR) is 114 cm³/mol. The summed E-state index contributed by atoms with van der Waals surface area (Å²) < 4.78 is 22.6. The normalized spacial score (nSPS) is 11.7. The second kappa shape index (κ2) is 23.5. The molecule has 0 aromatic rings. The summed E-state index contributed by atoms with van der Waals surface area (Å²) in [5, 5.41) is 0. The molecule has 0 heterocycles. The van der Waals surface area contributed by atoms with Gasteiger partial charge in [-0.2, -0.15) is 0 Å². The zero-order valence-electron chi connectivity index (χ0n) is 18.4. The molecule has 4 nitrogen and oxygen atoms in total. The van der Waals surface area contributed by atoms with Crippen molar-refractivity contribution in [3.63, 3.8) is 0 Å². The van der Waals surface area contributed by atoms with Crippen LogP contribution < -0.4 is 0 Å². The average Bonchev–Trinajstić information content (AvgIpc) is 2.68. The molecule has 0 bridgehead atoms. The van der Waals surface area contributed by atoms with E-state index in [4.69, 9.17) is 18.9 Å². The van der Waals surface area contributed by atoms with Crippen LogP contribution in [0.4, 0.5) is 0 Å². The van der Waals surface area contributed by atoms with Crippen LogP contribution in [0.15, 0.2) is 12.3 Å². The molecule has 0 aliphatic carbocycles. The van der Waals surface area contributed by atoms with E-state index in [1.165, 1.54) is 51.4 Å². The Morgan fingerprint density at radius 2 is 1.26 bits per heavy atom. The van der Waals surface area contributed by atoms with E-state index in [2.05, 4.69) is 20.8 Å². The van der Waals surface area contributed by atoms with Gasteiger partial charge in [-0.05, 0) is 31.8 Å². The van der Waals surface area contributed by atoms with Crippen molar-refractivity contribution < 1.29 is 18.9 Å². The summed E-state index contributed by atoms with van der Waals surface area (Å²) in [5.74, 6) is 0. The summed E-state index contributed by atoms with van der Waals surface area (Å²) in [6.45, 7) is 9.25. The molecule has 0 atom stereocenters. The zero-order valence-corrected chi connectivity index (χ0v) is 18.4. The fraction of sp³-hybridized carbons (Fsp3) is 0.913. The monoisotopic (exact) mass is 386 g/mol. The van der Waals surface area contributed by atoms with Crippen molar-refractivity contribution in [3.05, 3.63) is 12.3 Å². The van der Waals surface area contributed by atoms with Crippen molar-refractivity contribution in [2.45, 2.75) is 111 Å². The SMILES string of the molecule is CCCCCCCOC(CCC=COCOCCC)OCCCCCCC. The molecule has 0 saturated heterocycles. The highest BCUT2D eigenvalue weighted by atomic mass is 16.7. The van der Waals surface area contributed by atoms with E-state index in [1.807, 2.05) is 6.08 Å². The van der Waals surface area contributed by atoms with Gasteiger partial charge in [0.2, 0.25) is 0 Å². The van der Waals surface area contributed by atoms with Crippen LogP contribution in [-0.2, 0) is 18.9 Å². The lowest BCUT2D eigenvalue weighted by Crippen LogP contribution is -2.18. The van der Waals surface area contributed by atoms with Crippen LogP contribution in [0, 0.1) is 0 Å². The van der Waals surface area contributed by atoms with E-state index in [-0.39, 0.29) is 6.29 Å². The topological polar surface area (TPSA) is 36.9 Å². The number of rotatable bonds is 22. The molecular formula is C23H46O4. The zero-order chi connectivity index (χ0) is 19.8. The van der Waals surface area contributed by atoms with Gasteiger partial charge in [0.15, 0.2) is 13.1 Å². The van der Waals surface area contributed by atoms with Crippen molar-refractivity contribution in [1.82, 2.24) is 0 Å². The number of hydrogen-bond donors (Lipinski definition) is 0. The molecule has 0 N–H and O–H groups in total. The standard InChI is InChI=1S/C23H46O4/c1-4-7-9-11-14-20-26-23(27-21-15-12-10-8-5-2)17-13-16-19-25-22-24-18-6-3/h16,19,23H,4-15,17-18,20-22H2,1-3H3. The second-order valence-electron chi connectivity index (χ2n) is 7.14. The molecule has 0 rings (SSSR count). The predicted octanol–water partition coefficient (Wildman–Crippen LogP) is 6.98. The highest BCUT2D eigenvalue weighted by Gasteiger charge is 2.08. The minimum absolute atomic E-state index is 0.0941. The van der Waals surface area contributed by atoms with Gasteiger partial charge in [-0.15, -0.1) is 0 Å². The molecule has 0 unspecified atom stereocenters. The summed E-state index contributed by atoms with van der Waals surface area (Å²) in [7, 11) is 0. The first-order valence-electron chi connectivity index (χ1n) is 11.4. The second-order valence-corrected chi connectivity index (χ2v) is 7.14. The Morgan fingerprint density at radius 1 is 0.667 bits per heavy atom. The minimum Gasteiger partial charge on any atom is -0.475 e. The maximum absolute atomic E-state index is 5.99. The summed E-state index contributed by atoms with van der Waals surface area (Å²) in [4.78, 5) is 0. The highest BCUT2D eigenvalue weighted by molar-refractivity contribution is 4.73. The lowest BCUT2D eigenvalue weighted by molar-refractivity contribution is -0.146. The Balaban J connectivity index is 3.87. The van der Waals surface area contributed by atoms with E-state index in [1.54, 1.807) is 6.26 Å². The molecule has 27 heavy (non-hydrogen) atoms. The van der Waals surface area contributed by atoms with Gasteiger partial charge in [0.1, 0.15) is 0 Å². The van der Waals surface area contributed by atoms with Gasteiger partial charge >= 0.3 is 0 Å². The van der Waals surface area contributed by atoms with Gasteiger partial charge in [0.25, 0.3) is 0 Å². The first-order valence-corrected chi connectivity index (χ1v) is 11.4. The molecule has 4 heteroatoms. The quantitative estimate of drug-likeness (QED) is 0.114. The smallest absolute Gasteiger partial charge is 0.188 e. The highest BCUT2D eigenvalue weighted by Crippen LogP contribution is 2.10. The van der Waals surface area contributed by atoms with Crippen molar-refractivity contribution in [1.29, 1.82) is 0 Å². The fourth-order valence-corrected chi connectivity index (χ4v) is 2.71. The van der Waals surface area contributed by atoms with Crippen molar-refractivity contribution in [3.8, 4) is 0 Å². The maximum Gasteiger partial charge on any atom is 0.188 e. The van der Waals surface area contributed by atoms with Gasteiger partial charge < -0.3 is 18.9 Å². The molecule has 0 saturated carbocycles. The lowest BCUT2D eigenvalue weighted by atomic mass is 10.2. The van der Waals surface area contributed by atoms with Crippen LogP contribution in [0.5, 0.6) is 0 Å². The van der Waals surface area contributed by atoms with Gasteiger partial charge in [-0.25, -0.2) is 0 Å². The van der Waals surface area contributed by atoms with E-state index in [0.717, 1.165) is 51.9 Å². The molecular weight excluding hydrogens is 340 g/mol. The van der Waals surface area contributed by atoms with Crippen LogP contribution >= 0.6 is 0 Å². The van der Waals surface area contributed by atoms with Gasteiger partial charge in [0, 0.05) is 19.6 Å². The molecule has 0 fully saturated rings. The van der Waals surface area contributed by atoms with E-state index in [9.17, 15) is 0 Å². The Kier molecular flexibility index (Phi) is 23.0. The van der Waals surface area contributed by atoms with Crippen LogP contribution in [0.1, 0.15) is 104 Å². The third-order valence-corrected chi connectivity index (χ3v) is 4.36. The van der Waals surface area contributed by atoms with Crippen molar-refractivity contribution >= 4 is 0 Å². The number of allylic oxidation sites excluding steroid dienone is 1. The van der Waals surface area contributed by atoms with Crippen LogP contribution in [0.3, 0.4) is 0 Å². The van der Waals surface area contributed by atoms with Gasteiger partial charge in [-0.3, -0.25) is 0 Å². The Morgan fingerprint density at radius 3 is 1.81 bits per heavy atom. The number of hydrogen-bond acceptors (Lipinski definition) is 4. The van der Waals surface area contributed by atoms with Crippen molar-refractivity contribution in [2.24, 2.45) is 0 Å². The average molecular weight is 387 g/mol. The third kappa shape index (κ3) is 21.6. The third-order valence-electron chi connectivity index (χ3n) is 4.36.